The van der Waals surface area contributed by atoms with Crippen LogP contribution in [0.25, 0.3) is 0 Å². The summed E-state index contributed by atoms with van der Waals surface area (Å²) < 4.78 is 53.9. The van der Waals surface area contributed by atoms with Crippen molar-refractivity contribution in [3.05, 3.63) is 29.3 Å². The van der Waals surface area contributed by atoms with E-state index in [1.165, 1.54) is 6.07 Å². The van der Waals surface area contributed by atoms with Crippen LogP contribution in [-0.4, -0.2) is 38.6 Å². The zero-order chi connectivity index (χ0) is 19.4. The molecule has 0 bridgehead atoms. The van der Waals surface area contributed by atoms with Crippen LogP contribution in [0.4, 0.5) is 28.9 Å². The first-order chi connectivity index (χ1) is 12.7. The molecule has 1 aliphatic carbocycles. The van der Waals surface area contributed by atoms with Crippen LogP contribution in [0.1, 0.15) is 24.2 Å². The first-order valence-corrected chi connectivity index (χ1v) is 7.96. The Morgan fingerprint density at radius 1 is 1.30 bits per heavy atom. The fourth-order valence-corrected chi connectivity index (χ4v) is 3.34. The van der Waals surface area contributed by atoms with Crippen molar-refractivity contribution in [1.82, 2.24) is 20.6 Å². The minimum atomic E-state index is -4.64. The molecule has 1 aromatic heterocycles. The fourth-order valence-electron chi connectivity index (χ4n) is 3.34. The lowest BCUT2D eigenvalue weighted by Gasteiger charge is -2.20. The van der Waals surface area contributed by atoms with E-state index in [4.69, 9.17) is 0 Å². The molecule has 2 aliphatic rings. The van der Waals surface area contributed by atoms with Gasteiger partial charge in [0.2, 0.25) is 11.8 Å². The Morgan fingerprint density at radius 2 is 2.07 bits per heavy atom. The van der Waals surface area contributed by atoms with Gasteiger partial charge in [-0.2, -0.15) is 18.4 Å². The second kappa shape index (κ2) is 5.72. The van der Waals surface area contributed by atoms with E-state index in [9.17, 15) is 27.2 Å². The van der Waals surface area contributed by atoms with Gasteiger partial charge in [0, 0.05) is 12.1 Å². The Balaban J connectivity index is 1.64. The van der Waals surface area contributed by atoms with Crippen molar-refractivity contribution >= 4 is 23.2 Å². The molecular weight excluding hydrogens is 372 g/mol. The van der Waals surface area contributed by atoms with E-state index in [0.717, 1.165) is 6.07 Å². The highest BCUT2D eigenvalue weighted by Gasteiger charge is 2.74. The SMILES string of the molecule is O=C1CCc2cc(NC(=O)C3(c4nn[nH]n4)CC3C(F)(F)F)c(F)cc2N1. The summed E-state index contributed by atoms with van der Waals surface area (Å²) in [5.41, 5.74) is -1.48. The van der Waals surface area contributed by atoms with E-state index >= 15 is 0 Å². The van der Waals surface area contributed by atoms with E-state index < -0.39 is 41.5 Å². The number of hydrogen-bond acceptors (Lipinski definition) is 5. The van der Waals surface area contributed by atoms with Crippen LogP contribution in [0.3, 0.4) is 0 Å². The van der Waals surface area contributed by atoms with Gasteiger partial charge in [0.1, 0.15) is 11.2 Å². The molecule has 2 amide bonds. The summed E-state index contributed by atoms with van der Waals surface area (Å²) in [6.45, 7) is 0. The molecular formula is C15H12F4N6O2. The van der Waals surface area contributed by atoms with Crippen LogP contribution in [0.15, 0.2) is 12.1 Å². The summed E-state index contributed by atoms with van der Waals surface area (Å²) in [5.74, 6) is -4.59. The van der Waals surface area contributed by atoms with Crippen LogP contribution < -0.4 is 10.6 Å². The van der Waals surface area contributed by atoms with E-state index in [2.05, 4.69) is 31.3 Å². The van der Waals surface area contributed by atoms with Gasteiger partial charge < -0.3 is 10.6 Å². The lowest BCUT2D eigenvalue weighted by Crippen LogP contribution is -2.35. The number of amides is 2. The van der Waals surface area contributed by atoms with E-state index in [-0.39, 0.29) is 23.7 Å². The highest BCUT2D eigenvalue weighted by atomic mass is 19.4. The summed E-state index contributed by atoms with van der Waals surface area (Å²) >= 11 is 0. The summed E-state index contributed by atoms with van der Waals surface area (Å²) in [6.07, 6.45) is -4.68. The van der Waals surface area contributed by atoms with Crippen LogP contribution in [0, 0.1) is 11.7 Å². The second-order valence-corrected chi connectivity index (χ2v) is 6.50. The van der Waals surface area contributed by atoms with Gasteiger partial charge in [-0.25, -0.2) is 4.39 Å². The van der Waals surface area contributed by atoms with E-state index in [1.807, 2.05) is 0 Å². The average molecular weight is 384 g/mol. The molecule has 2 aromatic rings. The lowest BCUT2D eigenvalue weighted by atomic mass is 9.99. The summed E-state index contributed by atoms with van der Waals surface area (Å²) in [6, 6.07) is 2.33. The zero-order valence-corrected chi connectivity index (χ0v) is 13.5. The molecule has 8 nitrogen and oxygen atoms in total. The predicted octanol–water partition coefficient (Wildman–Crippen LogP) is 1.68. The number of tetrazole rings is 1. The standard InChI is InChI=1S/C15H12F4N6O2/c16-7-4-8-6(1-2-11(26)20-8)3-9(7)21-13(27)14(12-22-24-25-23-12)5-10(14)15(17,18)19/h3-4,10H,1-2,5H2,(H,20,26)(H,21,27)(H,22,23,24,25). The molecule has 0 spiro atoms. The van der Waals surface area contributed by atoms with E-state index in [0.29, 0.717) is 12.0 Å². The van der Waals surface area contributed by atoms with Crippen molar-refractivity contribution in [1.29, 1.82) is 0 Å². The molecule has 27 heavy (non-hydrogen) atoms. The Kier molecular flexibility index (Phi) is 3.68. The third-order valence-electron chi connectivity index (χ3n) is 4.84. The van der Waals surface area contributed by atoms with Gasteiger partial charge >= 0.3 is 6.18 Å². The molecule has 1 fully saturated rings. The molecule has 0 radical (unpaired) electrons. The van der Waals surface area contributed by atoms with Crippen molar-refractivity contribution in [3.63, 3.8) is 0 Å². The first kappa shape index (κ1) is 17.4. The van der Waals surface area contributed by atoms with Crippen LogP contribution in [0.2, 0.25) is 0 Å². The van der Waals surface area contributed by atoms with Crippen LogP contribution in [-0.2, 0) is 21.4 Å². The van der Waals surface area contributed by atoms with Crippen molar-refractivity contribution < 1.29 is 27.2 Å². The minimum absolute atomic E-state index is 0.189. The number of aromatic amines is 1. The van der Waals surface area contributed by atoms with Gasteiger partial charge in [0.05, 0.1) is 11.6 Å². The maximum atomic E-state index is 14.3. The average Bonchev–Trinajstić information content (AvgIpc) is 3.15. The molecule has 12 heteroatoms. The number of benzene rings is 1. The predicted molar refractivity (Wildman–Crippen MR) is 82.0 cm³/mol. The molecule has 2 heterocycles. The number of hydrogen-bond donors (Lipinski definition) is 3. The van der Waals surface area contributed by atoms with Gasteiger partial charge in [0.15, 0.2) is 5.82 Å². The fraction of sp³-hybridized carbons (Fsp3) is 0.400. The third kappa shape index (κ3) is 2.80. The molecule has 3 N–H and O–H groups in total. The molecule has 142 valence electrons. The number of H-pyrrole nitrogens is 1. The second-order valence-electron chi connectivity index (χ2n) is 6.50. The van der Waals surface area contributed by atoms with Crippen molar-refractivity contribution in [2.24, 2.45) is 5.92 Å². The third-order valence-corrected chi connectivity index (χ3v) is 4.84. The van der Waals surface area contributed by atoms with Crippen LogP contribution >= 0.6 is 0 Å². The van der Waals surface area contributed by atoms with Crippen molar-refractivity contribution in [3.8, 4) is 0 Å². The lowest BCUT2D eigenvalue weighted by molar-refractivity contribution is -0.156. The Morgan fingerprint density at radius 3 is 2.70 bits per heavy atom. The molecule has 1 aromatic carbocycles. The summed E-state index contributed by atoms with van der Waals surface area (Å²) in [7, 11) is 0. The number of nitrogens with zero attached hydrogens (tertiary/aromatic N) is 3. The smallest absolute Gasteiger partial charge is 0.326 e. The Bertz CT molecular complexity index is 929. The van der Waals surface area contributed by atoms with Gasteiger partial charge in [-0.1, -0.05) is 5.21 Å². The number of aryl methyl sites for hydroxylation is 1. The Hall–Kier alpha value is -3.05. The number of carbonyl (C=O) groups excluding carboxylic acids is 2. The summed E-state index contributed by atoms with van der Waals surface area (Å²) in [5, 5.41) is 17.0. The number of anilines is 2. The molecule has 1 aliphatic heterocycles. The number of rotatable bonds is 3. The van der Waals surface area contributed by atoms with Gasteiger partial charge in [-0.15, -0.1) is 10.2 Å². The zero-order valence-electron chi connectivity index (χ0n) is 13.5. The quantitative estimate of drug-likeness (QED) is 0.697. The minimum Gasteiger partial charge on any atom is -0.326 e. The highest BCUT2D eigenvalue weighted by Crippen LogP contribution is 2.60. The van der Waals surface area contributed by atoms with Gasteiger partial charge in [-0.05, 0) is 30.5 Å². The normalized spacial score (nSPS) is 24.1. The number of nitrogens with one attached hydrogen (secondary N) is 3. The van der Waals surface area contributed by atoms with Gasteiger partial charge in [0.25, 0.3) is 0 Å². The number of alkyl halides is 3. The molecule has 0 saturated heterocycles. The number of halogens is 4. The van der Waals surface area contributed by atoms with Crippen molar-refractivity contribution in [2.75, 3.05) is 10.6 Å². The highest BCUT2D eigenvalue weighted by molar-refractivity contribution is 6.02. The maximum absolute atomic E-state index is 14.3. The largest absolute Gasteiger partial charge is 0.393 e. The molecule has 4 rings (SSSR count). The monoisotopic (exact) mass is 384 g/mol. The first-order valence-electron chi connectivity index (χ1n) is 7.96. The molecule has 2 atom stereocenters. The van der Waals surface area contributed by atoms with E-state index in [1.54, 1.807) is 0 Å². The number of carbonyl (C=O) groups is 2. The maximum Gasteiger partial charge on any atom is 0.393 e. The topological polar surface area (TPSA) is 113 Å². The molecule has 1 saturated carbocycles. The van der Waals surface area contributed by atoms with Crippen LogP contribution in [0.5, 0.6) is 0 Å². The number of aromatic nitrogens is 4. The van der Waals surface area contributed by atoms with Crippen molar-refractivity contribution in [2.45, 2.75) is 30.9 Å². The number of fused-ring (bicyclic) bond motifs is 1. The Labute approximate surface area is 148 Å². The molecule has 2 unspecified atom stereocenters. The summed E-state index contributed by atoms with van der Waals surface area (Å²) in [4.78, 5) is 24.0. The van der Waals surface area contributed by atoms with Gasteiger partial charge in [-0.3, -0.25) is 9.59 Å².